The first-order valence-corrected chi connectivity index (χ1v) is 7.47. The molecular weight excluding hydrogens is 239 g/mol. The monoisotopic (exact) mass is 262 g/mol. The molecule has 2 bridgehead atoms. The molecule has 3 heteroatoms. The third kappa shape index (κ3) is 2.36. The van der Waals surface area contributed by atoms with Gasteiger partial charge in [0.25, 0.3) is 0 Å². The van der Waals surface area contributed by atoms with Crippen molar-refractivity contribution in [2.75, 3.05) is 11.4 Å². The number of piperidine rings is 1. The first kappa shape index (κ1) is 12.9. The molecule has 0 aromatic heterocycles. The van der Waals surface area contributed by atoms with E-state index in [4.69, 9.17) is 0 Å². The van der Waals surface area contributed by atoms with E-state index in [0.29, 0.717) is 18.1 Å². The fraction of sp³-hybridized carbons (Fsp3) is 0.625. The first-order chi connectivity index (χ1) is 9.19. The van der Waals surface area contributed by atoms with Crippen LogP contribution in [0.2, 0.25) is 0 Å². The molecule has 1 aromatic rings. The van der Waals surface area contributed by atoms with Gasteiger partial charge in [0.1, 0.15) is 5.82 Å². The Morgan fingerprint density at radius 1 is 1.26 bits per heavy atom. The van der Waals surface area contributed by atoms with E-state index in [1.807, 2.05) is 19.1 Å². The highest BCUT2D eigenvalue weighted by Gasteiger charge is 2.40. The summed E-state index contributed by atoms with van der Waals surface area (Å²) in [6.45, 7) is 5.09. The van der Waals surface area contributed by atoms with Gasteiger partial charge >= 0.3 is 0 Å². The van der Waals surface area contributed by atoms with Gasteiger partial charge in [-0.2, -0.15) is 0 Å². The van der Waals surface area contributed by atoms with Gasteiger partial charge in [-0.25, -0.2) is 4.39 Å². The van der Waals surface area contributed by atoms with Crippen LogP contribution in [-0.2, 0) is 0 Å². The minimum Gasteiger partial charge on any atom is -0.365 e. The number of rotatable bonds is 3. The van der Waals surface area contributed by atoms with Crippen molar-refractivity contribution in [1.82, 2.24) is 5.32 Å². The van der Waals surface area contributed by atoms with Crippen LogP contribution in [0, 0.1) is 12.7 Å². The summed E-state index contributed by atoms with van der Waals surface area (Å²) in [5.41, 5.74) is 1.96. The molecular formula is C16H23FN2. The minimum atomic E-state index is -0.0985. The van der Waals surface area contributed by atoms with Crippen molar-refractivity contribution in [2.24, 2.45) is 0 Å². The van der Waals surface area contributed by atoms with Gasteiger partial charge in [-0.05, 0) is 62.9 Å². The van der Waals surface area contributed by atoms with E-state index in [1.54, 1.807) is 6.07 Å². The van der Waals surface area contributed by atoms with E-state index in [1.165, 1.54) is 31.4 Å². The predicted molar refractivity (Wildman–Crippen MR) is 77.1 cm³/mol. The zero-order chi connectivity index (χ0) is 13.4. The van der Waals surface area contributed by atoms with Crippen LogP contribution < -0.4 is 10.2 Å². The summed E-state index contributed by atoms with van der Waals surface area (Å²) in [6.07, 6.45) is 5.01. The van der Waals surface area contributed by atoms with Gasteiger partial charge in [0.2, 0.25) is 0 Å². The van der Waals surface area contributed by atoms with E-state index in [0.717, 1.165) is 12.1 Å². The zero-order valence-corrected chi connectivity index (χ0v) is 11.8. The molecule has 2 heterocycles. The summed E-state index contributed by atoms with van der Waals surface area (Å²) < 4.78 is 13.4. The Labute approximate surface area is 115 Å². The molecule has 3 rings (SSSR count). The van der Waals surface area contributed by atoms with Crippen molar-refractivity contribution in [2.45, 2.75) is 57.7 Å². The van der Waals surface area contributed by atoms with Crippen molar-refractivity contribution in [1.29, 1.82) is 0 Å². The summed E-state index contributed by atoms with van der Waals surface area (Å²) in [5, 5.41) is 3.59. The molecule has 0 radical (unpaired) electrons. The molecule has 0 amide bonds. The number of hydrogen-bond acceptors (Lipinski definition) is 2. The second-order valence-corrected chi connectivity index (χ2v) is 5.95. The van der Waals surface area contributed by atoms with Crippen molar-refractivity contribution in [3.05, 3.63) is 29.6 Å². The van der Waals surface area contributed by atoms with Crippen LogP contribution in [0.4, 0.5) is 10.1 Å². The van der Waals surface area contributed by atoms with E-state index < -0.39 is 0 Å². The lowest BCUT2D eigenvalue weighted by molar-refractivity contribution is 0.361. The summed E-state index contributed by atoms with van der Waals surface area (Å²) in [4.78, 5) is 2.54. The standard InChI is InChI=1S/C16H23FN2/c1-3-18-12-9-14-4-5-15(10-12)19(14)13-6-7-16(17)11(2)8-13/h6-8,12,14-15,18H,3-5,9-10H2,1-2H3. The number of hydrogen-bond donors (Lipinski definition) is 1. The van der Waals surface area contributed by atoms with Crippen LogP contribution in [0.1, 0.15) is 38.2 Å². The topological polar surface area (TPSA) is 15.3 Å². The number of benzene rings is 1. The quantitative estimate of drug-likeness (QED) is 0.899. The largest absolute Gasteiger partial charge is 0.365 e. The van der Waals surface area contributed by atoms with Gasteiger partial charge < -0.3 is 10.2 Å². The van der Waals surface area contributed by atoms with Gasteiger partial charge in [-0.1, -0.05) is 6.92 Å². The highest BCUT2D eigenvalue weighted by Crippen LogP contribution is 2.39. The Hall–Kier alpha value is -1.09. The third-order valence-corrected chi connectivity index (χ3v) is 4.67. The van der Waals surface area contributed by atoms with Crippen molar-refractivity contribution in [3.63, 3.8) is 0 Å². The summed E-state index contributed by atoms with van der Waals surface area (Å²) in [7, 11) is 0. The molecule has 19 heavy (non-hydrogen) atoms. The van der Waals surface area contributed by atoms with Crippen molar-refractivity contribution >= 4 is 5.69 Å². The van der Waals surface area contributed by atoms with E-state index in [2.05, 4.69) is 17.1 Å². The predicted octanol–water partition coefficient (Wildman–Crippen LogP) is 3.24. The van der Waals surface area contributed by atoms with Crippen molar-refractivity contribution in [3.8, 4) is 0 Å². The zero-order valence-electron chi connectivity index (χ0n) is 11.8. The van der Waals surface area contributed by atoms with Gasteiger partial charge in [-0.15, -0.1) is 0 Å². The molecule has 2 aliphatic heterocycles. The fourth-order valence-electron chi connectivity index (χ4n) is 3.84. The van der Waals surface area contributed by atoms with E-state index in [9.17, 15) is 4.39 Å². The molecule has 0 spiro atoms. The Balaban J connectivity index is 1.81. The van der Waals surface area contributed by atoms with Crippen LogP contribution in [0.25, 0.3) is 0 Å². The molecule has 2 nitrogen and oxygen atoms in total. The average Bonchev–Trinajstić information content (AvgIpc) is 2.65. The lowest BCUT2D eigenvalue weighted by atomic mass is 9.96. The van der Waals surface area contributed by atoms with Gasteiger partial charge in [-0.3, -0.25) is 0 Å². The van der Waals surface area contributed by atoms with Gasteiger partial charge in [0, 0.05) is 23.8 Å². The van der Waals surface area contributed by atoms with Crippen LogP contribution in [0.15, 0.2) is 18.2 Å². The molecule has 104 valence electrons. The fourth-order valence-corrected chi connectivity index (χ4v) is 3.84. The van der Waals surface area contributed by atoms with Crippen LogP contribution >= 0.6 is 0 Å². The summed E-state index contributed by atoms with van der Waals surface area (Å²) >= 11 is 0. The first-order valence-electron chi connectivity index (χ1n) is 7.47. The third-order valence-electron chi connectivity index (χ3n) is 4.67. The number of nitrogens with one attached hydrogen (secondary N) is 1. The number of halogens is 1. The Bertz CT molecular complexity index is 446. The Kier molecular flexibility index (Phi) is 3.48. The number of nitrogens with zero attached hydrogens (tertiary/aromatic N) is 1. The van der Waals surface area contributed by atoms with Crippen LogP contribution in [0.5, 0.6) is 0 Å². The van der Waals surface area contributed by atoms with Gasteiger partial charge in [0.05, 0.1) is 0 Å². The van der Waals surface area contributed by atoms with Crippen molar-refractivity contribution < 1.29 is 4.39 Å². The molecule has 2 fully saturated rings. The maximum Gasteiger partial charge on any atom is 0.126 e. The summed E-state index contributed by atoms with van der Waals surface area (Å²) in [5.74, 6) is -0.0985. The number of aryl methyl sites for hydroxylation is 1. The molecule has 0 aliphatic carbocycles. The molecule has 1 aromatic carbocycles. The molecule has 2 aliphatic rings. The number of fused-ring (bicyclic) bond motifs is 2. The SMILES string of the molecule is CCNC1CC2CCC(C1)N2c1ccc(F)c(C)c1. The van der Waals surface area contributed by atoms with Crippen LogP contribution in [0.3, 0.4) is 0 Å². The molecule has 0 saturated carbocycles. The van der Waals surface area contributed by atoms with Crippen LogP contribution in [-0.4, -0.2) is 24.7 Å². The van der Waals surface area contributed by atoms with E-state index >= 15 is 0 Å². The number of anilines is 1. The second kappa shape index (κ2) is 5.12. The molecule has 1 N–H and O–H groups in total. The maximum atomic E-state index is 13.4. The minimum absolute atomic E-state index is 0.0985. The Morgan fingerprint density at radius 2 is 1.95 bits per heavy atom. The average molecular weight is 262 g/mol. The maximum absolute atomic E-state index is 13.4. The Morgan fingerprint density at radius 3 is 2.53 bits per heavy atom. The highest BCUT2D eigenvalue weighted by atomic mass is 19.1. The normalized spacial score (nSPS) is 29.8. The lowest BCUT2D eigenvalue weighted by Gasteiger charge is -2.41. The lowest BCUT2D eigenvalue weighted by Crippen LogP contribution is -2.49. The van der Waals surface area contributed by atoms with E-state index in [-0.39, 0.29) is 5.82 Å². The smallest absolute Gasteiger partial charge is 0.126 e. The molecule has 2 saturated heterocycles. The summed E-state index contributed by atoms with van der Waals surface area (Å²) in [6, 6.07) is 7.50. The van der Waals surface area contributed by atoms with Gasteiger partial charge in [0.15, 0.2) is 0 Å². The molecule has 2 unspecified atom stereocenters. The molecule has 2 atom stereocenters. The second-order valence-electron chi connectivity index (χ2n) is 5.95. The highest BCUT2D eigenvalue weighted by molar-refractivity contribution is 5.52.